The molecule has 13 aromatic rings. The molecule has 0 radical (unpaired) electrons. The largest absolute Gasteiger partial charge is 0.310 e. The van der Waals surface area contributed by atoms with E-state index >= 15 is 0 Å². The van der Waals surface area contributed by atoms with E-state index in [0.717, 1.165) is 56.5 Å². The molecule has 0 aromatic heterocycles. The summed E-state index contributed by atoms with van der Waals surface area (Å²) in [6.07, 6.45) is 0. The first-order valence-electron chi connectivity index (χ1n) is 25.6. The van der Waals surface area contributed by atoms with Crippen molar-refractivity contribution in [3.05, 3.63) is 279 Å². The van der Waals surface area contributed by atoms with Crippen LogP contribution in [0.5, 0.6) is 0 Å². The number of nitrogens with zero attached hydrogens (tertiary/aromatic N) is 3. The predicted molar refractivity (Wildman–Crippen MR) is 316 cm³/mol. The number of hydrogen-bond acceptors (Lipinski definition) is 3. The lowest BCUT2D eigenvalue weighted by molar-refractivity contribution is 1.24. The van der Waals surface area contributed by atoms with Crippen molar-refractivity contribution in [3.63, 3.8) is 0 Å². The number of para-hydroxylation sites is 1. The zero-order valence-corrected chi connectivity index (χ0v) is 40.5. The molecule has 344 valence electrons. The Labute approximate surface area is 431 Å². The fourth-order valence-electron chi connectivity index (χ4n) is 12.4. The van der Waals surface area contributed by atoms with Gasteiger partial charge in [0.25, 0.3) is 6.71 Å². The molecule has 0 saturated heterocycles. The molecular formula is C70H46BN3. The van der Waals surface area contributed by atoms with Crippen LogP contribution >= 0.6 is 0 Å². The molecule has 3 nitrogen and oxygen atoms in total. The zero-order valence-electron chi connectivity index (χ0n) is 40.5. The maximum Gasteiger partial charge on any atom is 0.252 e. The van der Waals surface area contributed by atoms with Crippen LogP contribution in [0.15, 0.2) is 279 Å². The highest BCUT2D eigenvalue weighted by Gasteiger charge is 2.45. The van der Waals surface area contributed by atoms with E-state index in [1.165, 1.54) is 76.4 Å². The Morgan fingerprint density at radius 3 is 1.28 bits per heavy atom. The summed E-state index contributed by atoms with van der Waals surface area (Å²) >= 11 is 0. The van der Waals surface area contributed by atoms with Gasteiger partial charge in [-0.2, -0.15) is 0 Å². The Kier molecular flexibility index (Phi) is 9.67. The van der Waals surface area contributed by atoms with Gasteiger partial charge >= 0.3 is 0 Å². The SMILES string of the molecule is c1ccc(-c2cccc(N(c3cc4c5c(c3)N(c3cccc6ccccc36)c3c(ccc6ccccc36)B5c3ccc5ccccc5c3N4c3cccc4ccccc34)c3ccccc3-c3ccccc3)c2)cc1. The van der Waals surface area contributed by atoms with Gasteiger partial charge in [0.15, 0.2) is 0 Å². The molecule has 0 aliphatic carbocycles. The molecule has 0 unspecified atom stereocenters. The Morgan fingerprint density at radius 1 is 0.284 bits per heavy atom. The van der Waals surface area contributed by atoms with E-state index in [4.69, 9.17) is 0 Å². The van der Waals surface area contributed by atoms with E-state index in [9.17, 15) is 0 Å². The van der Waals surface area contributed by atoms with Crippen molar-refractivity contribution in [2.24, 2.45) is 0 Å². The zero-order chi connectivity index (χ0) is 48.7. The molecule has 2 aliphatic rings. The van der Waals surface area contributed by atoms with Gasteiger partial charge in [0.1, 0.15) is 0 Å². The summed E-state index contributed by atoms with van der Waals surface area (Å²) in [5, 5.41) is 9.64. The van der Waals surface area contributed by atoms with E-state index in [0.29, 0.717) is 0 Å². The highest BCUT2D eigenvalue weighted by molar-refractivity contribution is 7.01. The predicted octanol–water partition coefficient (Wildman–Crippen LogP) is 17.2. The van der Waals surface area contributed by atoms with E-state index in [1.54, 1.807) is 0 Å². The molecule has 0 saturated carbocycles. The van der Waals surface area contributed by atoms with E-state index in [-0.39, 0.29) is 6.71 Å². The Hall–Kier alpha value is -9.64. The Balaban J connectivity index is 1.13. The van der Waals surface area contributed by atoms with Gasteiger partial charge < -0.3 is 14.7 Å². The van der Waals surface area contributed by atoms with E-state index < -0.39 is 0 Å². The number of anilines is 9. The summed E-state index contributed by atoms with van der Waals surface area (Å²) in [6, 6.07) is 103. The van der Waals surface area contributed by atoms with Gasteiger partial charge in [0.2, 0.25) is 0 Å². The first kappa shape index (κ1) is 42.1. The molecule has 15 rings (SSSR count). The lowest BCUT2D eigenvalue weighted by Gasteiger charge is -2.46. The van der Waals surface area contributed by atoms with Gasteiger partial charge in [-0.15, -0.1) is 0 Å². The fourth-order valence-corrected chi connectivity index (χ4v) is 12.4. The molecule has 0 N–H and O–H groups in total. The lowest BCUT2D eigenvalue weighted by Crippen LogP contribution is -2.61. The van der Waals surface area contributed by atoms with Crippen LogP contribution in [-0.2, 0) is 0 Å². The molecule has 2 heterocycles. The second-order valence-corrected chi connectivity index (χ2v) is 19.6. The summed E-state index contributed by atoms with van der Waals surface area (Å²) in [4.78, 5) is 7.75. The van der Waals surface area contributed by atoms with Gasteiger partial charge in [0, 0.05) is 55.5 Å². The van der Waals surface area contributed by atoms with Crippen molar-refractivity contribution in [1.82, 2.24) is 0 Å². The standard InChI is InChI=1S/C70H46BN3/c1-3-20-47(21-4-1)53-30-17-31-54(44-53)72(63-37-16-15-34-56(63)48-22-5-2-6-23-48)55-45-66-68-67(46-55)74(65-39-19-29-50-25-8-12-33-58(50)65)70-60-36-14-10-27-52(60)41-43-62(70)71(68)61-42-40-51-26-9-13-35-59(51)69(61)73(66)64-38-18-28-49-24-7-11-32-57(49)64/h1-46H. The summed E-state index contributed by atoms with van der Waals surface area (Å²) in [7, 11) is 0. The van der Waals surface area contributed by atoms with Gasteiger partial charge in [-0.3, -0.25) is 0 Å². The summed E-state index contributed by atoms with van der Waals surface area (Å²) in [5.74, 6) is 0. The second-order valence-electron chi connectivity index (χ2n) is 19.6. The molecular weight excluding hydrogens is 894 g/mol. The number of fused-ring (bicyclic) bond motifs is 10. The second kappa shape index (κ2) is 17.0. The molecule has 2 aliphatic heterocycles. The molecule has 13 aromatic carbocycles. The summed E-state index contributed by atoms with van der Waals surface area (Å²) in [6.45, 7) is -0.0998. The van der Waals surface area contributed by atoms with Crippen LogP contribution in [0.3, 0.4) is 0 Å². The third kappa shape index (κ3) is 6.55. The highest BCUT2D eigenvalue weighted by atomic mass is 15.2. The maximum absolute atomic E-state index is 2.62. The van der Waals surface area contributed by atoms with Crippen molar-refractivity contribution < 1.29 is 0 Å². The van der Waals surface area contributed by atoms with Gasteiger partial charge in [0.05, 0.1) is 22.7 Å². The average Bonchev–Trinajstić information content (AvgIpc) is 3.49. The molecule has 0 bridgehead atoms. The van der Waals surface area contributed by atoms with Crippen LogP contribution in [0, 0.1) is 0 Å². The average molecular weight is 940 g/mol. The Morgan fingerprint density at radius 2 is 0.716 bits per heavy atom. The molecule has 0 fully saturated rings. The topological polar surface area (TPSA) is 9.72 Å². The van der Waals surface area contributed by atoms with Crippen molar-refractivity contribution in [2.75, 3.05) is 14.7 Å². The van der Waals surface area contributed by atoms with Crippen LogP contribution < -0.4 is 31.1 Å². The summed E-state index contributed by atoms with van der Waals surface area (Å²) < 4.78 is 0. The minimum Gasteiger partial charge on any atom is -0.310 e. The highest BCUT2D eigenvalue weighted by Crippen LogP contribution is 2.53. The van der Waals surface area contributed by atoms with Crippen molar-refractivity contribution in [2.45, 2.75) is 0 Å². The Bertz CT molecular complexity index is 4160. The third-order valence-electron chi connectivity index (χ3n) is 15.5. The van der Waals surface area contributed by atoms with Gasteiger partial charge in [-0.1, -0.05) is 237 Å². The first-order valence-corrected chi connectivity index (χ1v) is 25.6. The van der Waals surface area contributed by atoms with Gasteiger partial charge in [-0.25, -0.2) is 0 Å². The van der Waals surface area contributed by atoms with E-state index in [2.05, 4.69) is 294 Å². The molecule has 4 heteroatoms. The van der Waals surface area contributed by atoms with Crippen molar-refractivity contribution in [3.8, 4) is 22.3 Å². The third-order valence-corrected chi connectivity index (χ3v) is 15.5. The van der Waals surface area contributed by atoms with Crippen LogP contribution in [0.2, 0.25) is 0 Å². The number of rotatable bonds is 7. The monoisotopic (exact) mass is 939 g/mol. The number of hydrogen-bond donors (Lipinski definition) is 0. The normalized spacial score (nSPS) is 12.5. The quantitative estimate of drug-likeness (QED) is 0.147. The molecule has 0 atom stereocenters. The van der Waals surface area contributed by atoms with Crippen LogP contribution in [0.4, 0.5) is 51.2 Å². The van der Waals surface area contributed by atoms with Crippen molar-refractivity contribution >= 4 is 117 Å². The molecule has 0 spiro atoms. The molecule has 74 heavy (non-hydrogen) atoms. The number of benzene rings is 13. The van der Waals surface area contributed by atoms with E-state index in [1.807, 2.05) is 0 Å². The fraction of sp³-hybridized carbons (Fsp3) is 0. The minimum absolute atomic E-state index is 0.0998. The van der Waals surface area contributed by atoms with Crippen LogP contribution in [-0.4, -0.2) is 6.71 Å². The van der Waals surface area contributed by atoms with Gasteiger partial charge in [-0.05, 0) is 97.1 Å². The van der Waals surface area contributed by atoms with Crippen molar-refractivity contribution in [1.29, 1.82) is 0 Å². The van der Waals surface area contributed by atoms with Crippen LogP contribution in [0.1, 0.15) is 0 Å². The lowest BCUT2D eigenvalue weighted by atomic mass is 9.33. The van der Waals surface area contributed by atoms with Crippen LogP contribution in [0.25, 0.3) is 65.3 Å². The smallest absolute Gasteiger partial charge is 0.252 e. The maximum atomic E-state index is 2.62. The summed E-state index contributed by atoms with van der Waals surface area (Å²) in [5.41, 5.74) is 18.7. The first-order chi connectivity index (χ1) is 36.7. The molecule has 0 amide bonds. The minimum atomic E-state index is -0.0998.